The molecule has 0 fully saturated rings. The first-order chi connectivity index (χ1) is 13.6. The lowest BCUT2D eigenvalue weighted by atomic mass is 10.2. The van der Waals surface area contributed by atoms with Crippen molar-refractivity contribution in [2.45, 2.75) is 16.9 Å². The number of rotatable bonds is 5. The number of aromatic nitrogens is 3. The number of halogens is 3. The van der Waals surface area contributed by atoms with Crippen molar-refractivity contribution in [2.75, 3.05) is 7.11 Å². The second kappa shape index (κ2) is 7.28. The van der Waals surface area contributed by atoms with Gasteiger partial charge in [-0.25, -0.2) is 17.8 Å². The third-order valence-corrected chi connectivity index (χ3v) is 5.58. The zero-order valence-corrected chi connectivity index (χ0v) is 15.6. The van der Waals surface area contributed by atoms with Gasteiger partial charge in [-0.1, -0.05) is 0 Å². The van der Waals surface area contributed by atoms with Crippen LogP contribution in [0.1, 0.15) is 5.56 Å². The summed E-state index contributed by atoms with van der Waals surface area (Å²) in [6.07, 6.45) is 4.10. The predicted octanol–water partition coefficient (Wildman–Crippen LogP) is 2.09. The fourth-order valence-electron chi connectivity index (χ4n) is 2.65. The number of pyridine rings is 1. The van der Waals surface area contributed by atoms with Crippen LogP contribution in [0.4, 0.5) is 13.2 Å². The number of imidazole rings is 1. The van der Waals surface area contributed by atoms with E-state index in [1.54, 1.807) is 6.07 Å². The maximum atomic E-state index is 12.6. The molecule has 12 heteroatoms. The molecule has 1 N–H and O–H groups in total. The van der Waals surface area contributed by atoms with E-state index in [0.29, 0.717) is 23.4 Å². The van der Waals surface area contributed by atoms with Crippen LogP contribution >= 0.6 is 0 Å². The van der Waals surface area contributed by atoms with Gasteiger partial charge in [-0.15, -0.1) is 0 Å². The molecule has 8 nitrogen and oxygen atoms in total. The lowest BCUT2D eigenvalue weighted by Gasteiger charge is -2.09. The first kappa shape index (κ1) is 20.5. The van der Waals surface area contributed by atoms with Gasteiger partial charge in [0.2, 0.25) is 5.88 Å². The van der Waals surface area contributed by atoms with Crippen molar-refractivity contribution in [1.29, 1.82) is 0 Å². The molecule has 0 aliphatic heterocycles. The molecule has 0 atom stereocenters. The van der Waals surface area contributed by atoms with Gasteiger partial charge in [-0.2, -0.15) is 13.2 Å². The molecule has 1 aromatic carbocycles. The summed E-state index contributed by atoms with van der Waals surface area (Å²) < 4.78 is 68.0. The van der Waals surface area contributed by atoms with Crippen molar-refractivity contribution >= 4 is 9.84 Å². The molecular formula is C17H14F3N3O5S. The summed E-state index contributed by atoms with van der Waals surface area (Å²) in [5.74, 6) is -0.0530. The third kappa shape index (κ3) is 3.70. The molecule has 0 amide bonds. The number of ether oxygens (including phenoxy) is 1. The highest BCUT2D eigenvalue weighted by Gasteiger charge is 2.46. The maximum absolute atomic E-state index is 12.6. The third-order valence-electron chi connectivity index (χ3n) is 4.08. The number of aromatic hydroxyl groups is 1. The van der Waals surface area contributed by atoms with Crippen LogP contribution in [0.3, 0.4) is 0 Å². The summed E-state index contributed by atoms with van der Waals surface area (Å²) in [6, 6.07) is 5.05. The van der Waals surface area contributed by atoms with Crippen molar-refractivity contribution in [3.05, 3.63) is 65.0 Å². The van der Waals surface area contributed by atoms with Gasteiger partial charge >= 0.3 is 11.2 Å². The van der Waals surface area contributed by atoms with Crippen molar-refractivity contribution in [3.63, 3.8) is 0 Å². The standard InChI is InChI=1S/C17H14F3N3O5S/c1-28-14-8-21-7-6-11(14)9-22-10-15(24)23(16(22)25)12-2-4-13(5-3-12)29(26,27)17(18,19)20/h2-8,10,24H,9H2,1H3. The Morgan fingerprint density at radius 3 is 2.41 bits per heavy atom. The molecule has 0 aliphatic carbocycles. The fraction of sp³-hybridized carbons (Fsp3) is 0.176. The van der Waals surface area contributed by atoms with Crippen LogP contribution in [0.5, 0.6) is 11.6 Å². The normalized spacial score (nSPS) is 12.1. The molecule has 0 saturated carbocycles. The topological polar surface area (TPSA) is 103 Å². The number of alkyl halides is 3. The van der Waals surface area contributed by atoms with Gasteiger partial charge in [0.05, 0.1) is 36.6 Å². The molecule has 0 spiro atoms. The minimum absolute atomic E-state index is 0.00549. The van der Waals surface area contributed by atoms with E-state index in [1.807, 2.05) is 0 Å². The van der Waals surface area contributed by atoms with Crippen molar-refractivity contribution in [2.24, 2.45) is 0 Å². The minimum atomic E-state index is -5.51. The average Bonchev–Trinajstić information content (AvgIpc) is 2.94. The largest absolute Gasteiger partial charge is 0.501 e. The molecule has 2 aromatic heterocycles. The van der Waals surface area contributed by atoms with Gasteiger partial charge in [-0.05, 0) is 30.3 Å². The summed E-state index contributed by atoms with van der Waals surface area (Å²) in [7, 11) is -4.08. The highest BCUT2D eigenvalue weighted by atomic mass is 32.2. The Labute approximate surface area is 162 Å². The summed E-state index contributed by atoms with van der Waals surface area (Å²) in [5.41, 5.74) is -5.53. The van der Waals surface area contributed by atoms with Crippen LogP contribution in [0.25, 0.3) is 5.69 Å². The van der Waals surface area contributed by atoms with Gasteiger partial charge in [0, 0.05) is 11.8 Å². The zero-order valence-electron chi connectivity index (χ0n) is 14.8. The van der Waals surface area contributed by atoms with Gasteiger partial charge in [0.25, 0.3) is 9.84 Å². The summed E-state index contributed by atoms with van der Waals surface area (Å²) in [4.78, 5) is 15.6. The van der Waals surface area contributed by atoms with E-state index < -0.39 is 31.8 Å². The van der Waals surface area contributed by atoms with Crippen LogP contribution in [0, 0.1) is 0 Å². The molecule has 0 saturated heterocycles. The molecule has 3 rings (SSSR count). The highest BCUT2D eigenvalue weighted by molar-refractivity contribution is 7.92. The number of sulfone groups is 1. The molecule has 29 heavy (non-hydrogen) atoms. The van der Waals surface area contributed by atoms with E-state index in [4.69, 9.17) is 4.74 Å². The molecule has 0 aliphatic rings. The Balaban J connectivity index is 1.98. The molecular weight excluding hydrogens is 415 g/mol. The van der Waals surface area contributed by atoms with Crippen LogP contribution in [-0.4, -0.2) is 40.3 Å². The molecule has 0 radical (unpaired) electrons. The first-order valence-electron chi connectivity index (χ1n) is 7.96. The van der Waals surface area contributed by atoms with Crippen molar-refractivity contribution in [3.8, 4) is 17.3 Å². The van der Waals surface area contributed by atoms with E-state index in [2.05, 4.69) is 4.98 Å². The molecule has 0 unspecified atom stereocenters. The number of nitrogens with zero attached hydrogens (tertiary/aromatic N) is 3. The van der Waals surface area contributed by atoms with Crippen LogP contribution in [-0.2, 0) is 16.4 Å². The lowest BCUT2D eigenvalue weighted by molar-refractivity contribution is -0.0436. The maximum Gasteiger partial charge on any atom is 0.501 e. The van der Waals surface area contributed by atoms with E-state index in [9.17, 15) is 31.5 Å². The van der Waals surface area contributed by atoms with Gasteiger partial charge in [0.1, 0.15) is 5.75 Å². The van der Waals surface area contributed by atoms with Crippen LogP contribution < -0.4 is 10.4 Å². The summed E-state index contributed by atoms with van der Waals surface area (Å²) in [6.45, 7) is 0.0334. The Bertz CT molecular complexity index is 1200. The van der Waals surface area contributed by atoms with Crippen molar-refractivity contribution in [1.82, 2.24) is 14.1 Å². The SMILES string of the molecule is COc1cnccc1Cn1cc(O)n(-c2ccc(S(=O)(=O)C(F)(F)F)cc2)c1=O. The van der Waals surface area contributed by atoms with E-state index in [0.717, 1.165) is 27.5 Å². The fourth-order valence-corrected chi connectivity index (χ4v) is 3.41. The van der Waals surface area contributed by atoms with E-state index in [1.165, 1.54) is 19.5 Å². The Kier molecular flexibility index (Phi) is 5.13. The van der Waals surface area contributed by atoms with Crippen LogP contribution in [0.2, 0.25) is 0 Å². The molecule has 3 aromatic rings. The predicted molar refractivity (Wildman–Crippen MR) is 94.8 cm³/mol. The van der Waals surface area contributed by atoms with E-state index >= 15 is 0 Å². The second-order valence-corrected chi connectivity index (χ2v) is 7.80. The second-order valence-electron chi connectivity index (χ2n) is 5.86. The zero-order chi connectivity index (χ0) is 21.4. The molecule has 2 heterocycles. The minimum Gasteiger partial charge on any atom is -0.495 e. The van der Waals surface area contributed by atoms with Gasteiger partial charge in [0.15, 0.2) is 0 Å². The number of benzene rings is 1. The monoisotopic (exact) mass is 429 g/mol. The van der Waals surface area contributed by atoms with Crippen LogP contribution in [0.15, 0.2) is 58.6 Å². The van der Waals surface area contributed by atoms with Gasteiger partial charge < -0.3 is 9.84 Å². The first-order valence-corrected chi connectivity index (χ1v) is 9.44. The molecule has 154 valence electrons. The Morgan fingerprint density at radius 1 is 1.17 bits per heavy atom. The Morgan fingerprint density at radius 2 is 1.83 bits per heavy atom. The van der Waals surface area contributed by atoms with Gasteiger partial charge in [-0.3, -0.25) is 9.55 Å². The lowest BCUT2D eigenvalue weighted by Crippen LogP contribution is -2.24. The highest BCUT2D eigenvalue weighted by Crippen LogP contribution is 2.30. The Hall–Kier alpha value is -3.28. The average molecular weight is 429 g/mol. The summed E-state index contributed by atoms with van der Waals surface area (Å²) in [5, 5.41) is 10.1. The number of methoxy groups -OCH3 is 1. The molecule has 0 bridgehead atoms. The number of hydrogen-bond donors (Lipinski definition) is 1. The van der Waals surface area contributed by atoms with Crippen molar-refractivity contribution < 1.29 is 31.4 Å². The van der Waals surface area contributed by atoms with E-state index in [-0.39, 0.29) is 12.2 Å². The quantitative estimate of drug-likeness (QED) is 0.666. The smallest absolute Gasteiger partial charge is 0.495 e. The number of hydrogen-bond acceptors (Lipinski definition) is 6. The summed E-state index contributed by atoms with van der Waals surface area (Å²) >= 11 is 0.